The van der Waals surface area contributed by atoms with Crippen molar-refractivity contribution in [1.29, 1.82) is 0 Å². The summed E-state index contributed by atoms with van der Waals surface area (Å²) in [6, 6.07) is 5.96. The fourth-order valence-electron chi connectivity index (χ4n) is 5.10. The number of aromatic hydroxyl groups is 3. The number of methoxy groups -OCH3 is 1. The van der Waals surface area contributed by atoms with Crippen molar-refractivity contribution in [2.45, 2.75) is 55.1 Å². The summed E-state index contributed by atoms with van der Waals surface area (Å²) in [6.45, 7) is -1.26. The van der Waals surface area contributed by atoms with Crippen LogP contribution in [0, 0.1) is 0 Å². The molecule has 2 fully saturated rings. The average molecular weight is 595 g/mol. The van der Waals surface area contributed by atoms with E-state index in [1.54, 1.807) is 0 Å². The van der Waals surface area contributed by atoms with Gasteiger partial charge in [-0.3, -0.25) is 4.79 Å². The van der Waals surface area contributed by atoms with Gasteiger partial charge in [0.15, 0.2) is 28.8 Å². The molecule has 42 heavy (non-hydrogen) atoms. The van der Waals surface area contributed by atoms with E-state index in [0.717, 1.165) is 12.1 Å². The van der Waals surface area contributed by atoms with Crippen LogP contribution in [0.4, 0.5) is 0 Å². The molecule has 0 spiro atoms. The fraction of sp³-hybridized carbons (Fsp3) is 0.444. The Morgan fingerprint density at radius 1 is 0.905 bits per heavy atom. The molecule has 1 aromatic heterocycles. The SMILES string of the molecule is COc1cc(-c2cc(=O)c3c(O)cc(O)c([C@@H]4O[C@H](CO)[C@@H](O)[C@@H](O)[C@H]4O[C@@H]4OC[C@@H](O)[C@@H](O)[C@H]4O)c3o2)ccc1O. The molecule has 5 rings (SSSR count). The van der Waals surface area contributed by atoms with Gasteiger partial charge in [0.05, 0.1) is 25.9 Å². The van der Waals surface area contributed by atoms with Gasteiger partial charge >= 0.3 is 0 Å². The number of aliphatic hydroxyl groups excluding tert-OH is 6. The Morgan fingerprint density at radius 2 is 1.64 bits per heavy atom. The van der Waals surface area contributed by atoms with E-state index in [1.165, 1.54) is 25.3 Å². The van der Waals surface area contributed by atoms with Gasteiger partial charge in [0, 0.05) is 17.7 Å². The van der Waals surface area contributed by atoms with Crippen LogP contribution in [0.3, 0.4) is 0 Å². The van der Waals surface area contributed by atoms with Gasteiger partial charge in [-0.1, -0.05) is 0 Å². The highest BCUT2D eigenvalue weighted by atomic mass is 16.7. The third-order valence-electron chi connectivity index (χ3n) is 7.36. The topological polar surface area (TPSA) is 249 Å². The van der Waals surface area contributed by atoms with Gasteiger partial charge < -0.3 is 69.3 Å². The maximum absolute atomic E-state index is 13.2. The quantitative estimate of drug-likeness (QED) is 0.159. The van der Waals surface area contributed by atoms with E-state index in [-0.39, 0.29) is 28.4 Å². The molecular formula is C27H30O15. The largest absolute Gasteiger partial charge is 0.507 e. The predicted octanol–water partition coefficient (Wildman–Crippen LogP) is -1.44. The van der Waals surface area contributed by atoms with Crippen molar-refractivity contribution in [3.63, 3.8) is 0 Å². The Morgan fingerprint density at radius 3 is 2.33 bits per heavy atom. The van der Waals surface area contributed by atoms with Crippen LogP contribution in [0.15, 0.2) is 39.5 Å². The molecule has 0 radical (unpaired) electrons. The van der Waals surface area contributed by atoms with Crippen molar-refractivity contribution in [3.8, 4) is 34.3 Å². The summed E-state index contributed by atoms with van der Waals surface area (Å²) < 4.78 is 27.9. The molecule has 15 heteroatoms. The van der Waals surface area contributed by atoms with Crippen molar-refractivity contribution in [3.05, 3.63) is 46.1 Å². The zero-order chi connectivity index (χ0) is 30.5. The Hall–Kier alpha value is -3.51. The van der Waals surface area contributed by atoms with Crippen LogP contribution in [0.2, 0.25) is 0 Å². The first-order chi connectivity index (χ1) is 20.0. The molecule has 228 valence electrons. The Labute approximate surface area is 236 Å². The number of hydrogen-bond donors (Lipinski definition) is 9. The highest BCUT2D eigenvalue weighted by Crippen LogP contribution is 2.45. The van der Waals surface area contributed by atoms with E-state index in [0.29, 0.717) is 0 Å². The first kappa shape index (κ1) is 30.0. The molecule has 2 aliphatic rings. The van der Waals surface area contributed by atoms with Crippen LogP contribution in [0.5, 0.6) is 23.0 Å². The van der Waals surface area contributed by atoms with Gasteiger partial charge in [0.2, 0.25) is 0 Å². The number of aliphatic hydroxyl groups is 6. The highest BCUT2D eigenvalue weighted by Gasteiger charge is 2.50. The molecule has 9 atom stereocenters. The van der Waals surface area contributed by atoms with Gasteiger partial charge in [-0.25, -0.2) is 0 Å². The number of ether oxygens (including phenoxy) is 4. The van der Waals surface area contributed by atoms with E-state index in [9.17, 15) is 50.8 Å². The van der Waals surface area contributed by atoms with Crippen LogP contribution in [0.1, 0.15) is 11.7 Å². The van der Waals surface area contributed by atoms with E-state index in [1.807, 2.05) is 0 Å². The van der Waals surface area contributed by atoms with Crippen LogP contribution in [-0.4, -0.2) is 115 Å². The Kier molecular flexibility index (Phi) is 8.30. The predicted molar refractivity (Wildman–Crippen MR) is 139 cm³/mol. The number of rotatable bonds is 6. The van der Waals surface area contributed by atoms with Crippen molar-refractivity contribution in [1.82, 2.24) is 0 Å². The molecule has 3 heterocycles. The van der Waals surface area contributed by atoms with Gasteiger partial charge in [-0.2, -0.15) is 0 Å². The lowest BCUT2D eigenvalue weighted by molar-refractivity contribution is -0.325. The molecule has 0 unspecified atom stereocenters. The van der Waals surface area contributed by atoms with E-state index in [2.05, 4.69) is 0 Å². The number of phenols is 3. The van der Waals surface area contributed by atoms with Crippen molar-refractivity contribution in [2.24, 2.45) is 0 Å². The monoisotopic (exact) mass is 594 g/mol. The molecule has 0 bridgehead atoms. The lowest BCUT2D eigenvalue weighted by Crippen LogP contribution is -2.60. The average Bonchev–Trinajstić information content (AvgIpc) is 2.96. The van der Waals surface area contributed by atoms with Crippen molar-refractivity contribution >= 4 is 11.0 Å². The molecule has 2 saturated heterocycles. The maximum Gasteiger partial charge on any atom is 0.197 e. The molecule has 15 nitrogen and oxygen atoms in total. The molecule has 3 aromatic rings. The van der Waals surface area contributed by atoms with Crippen LogP contribution in [0.25, 0.3) is 22.3 Å². The smallest absolute Gasteiger partial charge is 0.197 e. The summed E-state index contributed by atoms with van der Waals surface area (Å²) in [5.41, 5.74) is -1.26. The molecule has 0 amide bonds. The summed E-state index contributed by atoms with van der Waals surface area (Å²) in [5, 5.41) is 92.9. The fourth-order valence-corrected chi connectivity index (χ4v) is 5.10. The van der Waals surface area contributed by atoms with E-state index >= 15 is 0 Å². The third kappa shape index (κ3) is 5.15. The summed E-state index contributed by atoms with van der Waals surface area (Å²) in [5.74, 6) is -1.58. The van der Waals surface area contributed by atoms with E-state index < -0.39 is 96.2 Å². The highest BCUT2D eigenvalue weighted by molar-refractivity contribution is 5.89. The normalized spacial score (nSPS) is 31.7. The Bertz CT molecular complexity index is 1510. The second-order valence-electron chi connectivity index (χ2n) is 10.0. The van der Waals surface area contributed by atoms with Crippen molar-refractivity contribution in [2.75, 3.05) is 20.3 Å². The summed E-state index contributed by atoms with van der Waals surface area (Å²) in [7, 11) is 1.31. The van der Waals surface area contributed by atoms with Gasteiger partial charge in [0.25, 0.3) is 0 Å². The summed E-state index contributed by atoms with van der Waals surface area (Å²) in [6.07, 6.45) is -15.0. The minimum absolute atomic E-state index is 0.0551. The first-order valence-electron chi connectivity index (χ1n) is 12.8. The second kappa shape index (κ2) is 11.6. The molecule has 2 aliphatic heterocycles. The lowest BCUT2D eigenvalue weighted by atomic mass is 9.89. The number of hydrogen-bond acceptors (Lipinski definition) is 15. The standard InChI is InChI=1S/C27H30O15/c1-38-16-4-9(2-3-10(16)29)15-6-13(32)18-11(30)5-12(31)19(24(18)40-15)25-26(22(36)21(35)17(7-28)41-25)42-27-23(37)20(34)14(33)8-39-27/h2-6,14,17,20-23,25-31,33-37H,7-8H2,1H3/t14-,17-,20-,21-,22-,23-,25+,26-,27+/m1/s1. The van der Waals surface area contributed by atoms with Crippen LogP contribution in [-0.2, 0) is 14.2 Å². The zero-order valence-electron chi connectivity index (χ0n) is 22.0. The molecule has 0 saturated carbocycles. The lowest BCUT2D eigenvalue weighted by Gasteiger charge is -2.45. The third-order valence-corrected chi connectivity index (χ3v) is 7.36. The molecule has 0 aliphatic carbocycles. The first-order valence-corrected chi connectivity index (χ1v) is 12.8. The minimum Gasteiger partial charge on any atom is -0.507 e. The van der Waals surface area contributed by atoms with Gasteiger partial charge in [-0.05, 0) is 18.2 Å². The molecule has 2 aromatic carbocycles. The Balaban J connectivity index is 1.68. The van der Waals surface area contributed by atoms with Crippen LogP contribution < -0.4 is 10.2 Å². The number of benzene rings is 2. The second-order valence-corrected chi connectivity index (χ2v) is 10.0. The molecular weight excluding hydrogens is 564 g/mol. The summed E-state index contributed by atoms with van der Waals surface area (Å²) >= 11 is 0. The zero-order valence-corrected chi connectivity index (χ0v) is 22.0. The van der Waals surface area contributed by atoms with E-state index in [4.69, 9.17) is 23.4 Å². The van der Waals surface area contributed by atoms with Crippen molar-refractivity contribution < 1.29 is 69.3 Å². The summed E-state index contributed by atoms with van der Waals surface area (Å²) in [4.78, 5) is 13.2. The maximum atomic E-state index is 13.2. The molecule has 9 N–H and O–H groups in total. The van der Waals surface area contributed by atoms with Gasteiger partial charge in [0.1, 0.15) is 71.5 Å². The van der Waals surface area contributed by atoms with Gasteiger partial charge in [-0.15, -0.1) is 0 Å². The number of fused-ring (bicyclic) bond motifs is 1. The minimum atomic E-state index is -1.86. The van der Waals surface area contributed by atoms with Crippen LogP contribution >= 0.6 is 0 Å². The number of phenolic OH excluding ortho intramolecular Hbond substituents is 3.